The molecule has 0 bridgehead atoms. The van der Waals surface area contributed by atoms with Crippen LogP contribution in [0.15, 0.2) is 36.5 Å². The first kappa shape index (κ1) is 15.1. The largest absolute Gasteiger partial charge is 0.493 e. The van der Waals surface area contributed by atoms with Crippen LogP contribution < -0.4 is 14.8 Å². The van der Waals surface area contributed by atoms with Crippen LogP contribution in [-0.2, 0) is 0 Å². The van der Waals surface area contributed by atoms with Crippen molar-refractivity contribution in [2.45, 2.75) is 0 Å². The summed E-state index contributed by atoms with van der Waals surface area (Å²) < 4.78 is 24.4. The first-order valence-electron chi connectivity index (χ1n) is 7.47. The molecule has 2 N–H and O–H groups in total. The van der Waals surface area contributed by atoms with Gasteiger partial charge in [-0.3, -0.25) is 5.10 Å². The molecule has 0 aliphatic carbocycles. The number of rotatable bonds is 4. The second kappa shape index (κ2) is 5.90. The van der Waals surface area contributed by atoms with Gasteiger partial charge in [0, 0.05) is 22.5 Å². The van der Waals surface area contributed by atoms with Gasteiger partial charge in [0.15, 0.2) is 11.5 Å². The summed E-state index contributed by atoms with van der Waals surface area (Å²) in [6, 6.07) is 8.96. The molecule has 0 saturated heterocycles. The molecule has 0 radical (unpaired) electrons. The van der Waals surface area contributed by atoms with Crippen LogP contribution in [0.4, 0.5) is 15.9 Å². The lowest BCUT2D eigenvalue weighted by Gasteiger charge is -2.12. The van der Waals surface area contributed by atoms with Crippen molar-refractivity contribution in [1.29, 1.82) is 0 Å². The molecular weight excluding hydrogens is 325 g/mol. The molecular formula is C17H14FN5O2. The fraction of sp³-hybridized carbons (Fsp3) is 0.118. The predicted molar refractivity (Wildman–Crippen MR) is 92.0 cm³/mol. The Balaban J connectivity index is 1.84. The third kappa shape index (κ3) is 2.67. The molecule has 4 aromatic rings. The van der Waals surface area contributed by atoms with Gasteiger partial charge in [-0.25, -0.2) is 4.98 Å². The van der Waals surface area contributed by atoms with Crippen molar-refractivity contribution in [3.8, 4) is 11.5 Å². The van der Waals surface area contributed by atoms with Crippen LogP contribution in [0.5, 0.6) is 11.5 Å². The maximum absolute atomic E-state index is 13.9. The summed E-state index contributed by atoms with van der Waals surface area (Å²) in [5.41, 5.74) is 2.08. The average molecular weight is 339 g/mol. The second-order valence-corrected chi connectivity index (χ2v) is 5.36. The summed E-state index contributed by atoms with van der Waals surface area (Å²) in [5.74, 6) is 1.32. The maximum atomic E-state index is 13.9. The molecule has 2 aromatic carbocycles. The van der Waals surface area contributed by atoms with E-state index in [1.165, 1.54) is 14.2 Å². The third-order valence-corrected chi connectivity index (χ3v) is 3.88. The number of halogens is 1. The predicted octanol–water partition coefficient (Wildman–Crippen LogP) is 3.41. The quantitative estimate of drug-likeness (QED) is 0.554. The highest BCUT2D eigenvalue weighted by Gasteiger charge is 2.13. The van der Waals surface area contributed by atoms with E-state index >= 15 is 0 Å². The smallest absolute Gasteiger partial charge is 0.311 e. The van der Waals surface area contributed by atoms with Crippen molar-refractivity contribution in [2.75, 3.05) is 19.5 Å². The highest BCUT2D eigenvalue weighted by molar-refractivity contribution is 5.94. The highest BCUT2D eigenvalue weighted by atomic mass is 19.1. The Morgan fingerprint density at radius 3 is 2.64 bits per heavy atom. The number of aromatic amines is 1. The Hall–Kier alpha value is -3.42. The van der Waals surface area contributed by atoms with Gasteiger partial charge in [0.05, 0.1) is 31.4 Å². The van der Waals surface area contributed by atoms with Gasteiger partial charge in [-0.05, 0) is 24.3 Å². The van der Waals surface area contributed by atoms with Gasteiger partial charge in [0.1, 0.15) is 5.82 Å². The number of nitrogens with one attached hydrogen (secondary N) is 2. The molecule has 0 atom stereocenters. The number of ether oxygens (including phenoxy) is 2. The molecule has 8 heteroatoms. The Bertz CT molecular complexity index is 1080. The van der Waals surface area contributed by atoms with Crippen LogP contribution in [0.3, 0.4) is 0 Å². The lowest BCUT2D eigenvalue weighted by atomic mass is 10.2. The van der Waals surface area contributed by atoms with Gasteiger partial charge < -0.3 is 14.8 Å². The molecule has 2 heterocycles. The maximum Gasteiger partial charge on any atom is 0.311 e. The lowest BCUT2D eigenvalue weighted by Crippen LogP contribution is -2.01. The van der Waals surface area contributed by atoms with E-state index in [1.807, 2.05) is 18.2 Å². The number of anilines is 2. The molecule has 0 aliphatic rings. The van der Waals surface area contributed by atoms with Gasteiger partial charge in [0.2, 0.25) is 0 Å². The SMILES string of the molecule is COc1cc2nc(F)nc(Nc3ccc4[nH]ncc4c3)c2cc1OC. The summed E-state index contributed by atoms with van der Waals surface area (Å²) in [6.07, 6.45) is 0.888. The first-order chi connectivity index (χ1) is 12.2. The molecule has 0 aliphatic heterocycles. The molecule has 0 saturated carbocycles. The van der Waals surface area contributed by atoms with Gasteiger partial charge in [0.25, 0.3) is 0 Å². The minimum atomic E-state index is -0.827. The van der Waals surface area contributed by atoms with Crippen LogP contribution >= 0.6 is 0 Å². The Labute approximate surface area is 141 Å². The van der Waals surface area contributed by atoms with E-state index in [2.05, 4.69) is 25.5 Å². The molecule has 2 aromatic heterocycles. The standard InChI is InChI=1S/C17H14FN5O2/c1-24-14-6-11-13(7-15(14)25-2)21-17(18)22-16(11)20-10-3-4-12-9(5-10)8-19-23-12/h3-8H,1-2H3,(H,19,23)(H,20,21,22). The van der Waals surface area contributed by atoms with Gasteiger partial charge in [-0.2, -0.15) is 14.5 Å². The number of methoxy groups -OCH3 is 2. The Kier molecular flexibility index (Phi) is 3.57. The van der Waals surface area contributed by atoms with Crippen molar-refractivity contribution >= 4 is 33.3 Å². The zero-order valence-corrected chi connectivity index (χ0v) is 13.5. The molecule has 0 spiro atoms. The number of fused-ring (bicyclic) bond motifs is 2. The summed E-state index contributed by atoms with van der Waals surface area (Å²) in [5, 5.41) is 11.5. The van der Waals surface area contributed by atoms with Crippen LogP contribution in [0.2, 0.25) is 0 Å². The van der Waals surface area contributed by atoms with Crippen LogP contribution in [0.25, 0.3) is 21.8 Å². The minimum absolute atomic E-state index is 0.339. The molecule has 4 rings (SSSR count). The van der Waals surface area contributed by atoms with Crippen molar-refractivity contribution in [2.24, 2.45) is 0 Å². The van der Waals surface area contributed by atoms with E-state index in [9.17, 15) is 4.39 Å². The molecule has 0 unspecified atom stereocenters. The van der Waals surface area contributed by atoms with Crippen LogP contribution in [0.1, 0.15) is 0 Å². The highest BCUT2D eigenvalue weighted by Crippen LogP contribution is 2.35. The molecule has 126 valence electrons. The van der Waals surface area contributed by atoms with E-state index in [0.29, 0.717) is 28.2 Å². The molecule has 0 amide bonds. The Morgan fingerprint density at radius 2 is 1.84 bits per heavy atom. The lowest BCUT2D eigenvalue weighted by molar-refractivity contribution is 0.355. The van der Waals surface area contributed by atoms with E-state index in [4.69, 9.17) is 9.47 Å². The summed E-state index contributed by atoms with van der Waals surface area (Å²) in [7, 11) is 3.05. The average Bonchev–Trinajstić information content (AvgIpc) is 3.08. The van der Waals surface area contributed by atoms with Crippen molar-refractivity contribution < 1.29 is 13.9 Å². The van der Waals surface area contributed by atoms with Crippen molar-refractivity contribution in [3.05, 3.63) is 42.6 Å². The van der Waals surface area contributed by atoms with Crippen molar-refractivity contribution in [3.63, 3.8) is 0 Å². The van der Waals surface area contributed by atoms with E-state index < -0.39 is 6.08 Å². The zero-order chi connectivity index (χ0) is 17.4. The summed E-state index contributed by atoms with van der Waals surface area (Å²) >= 11 is 0. The van der Waals surface area contributed by atoms with E-state index in [0.717, 1.165) is 16.6 Å². The summed E-state index contributed by atoms with van der Waals surface area (Å²) in [4.78, 5) is 7.72. The fourth-order valence-electron chi connectivity index (χ4n) is 2.68. The van der Waals surface area contributed by atoms with E-state index in [1.54, 1.807) is 18.3 Å². The number of aromatic nitrogens is 4. The molecule has 25 heavy (non-hydrogen) atoms. The van der Waals surface area contributed by atoms with Gasteiger partial charge >= 0.3 is 6.08 Å². The van der Waals surface area contributed by atoms with Gasteiger partial charge in [-0.1, -0.05) is 0 Å². The van der Waals surface area contributed by atoms with Crippen molar-refractivity contribution in [1.82, 2.24) is 20.2 Å². The minimum Gasteiger partial charge on any atom is -0.493 e. The topological polar surface area (TPSA) is 85.0 Å². The third-order valence-electron chi connectivity index (χ3n) is 3.88. The monoisotopic (exact) mass is 339 g/mol. The Morgan fingerprint density at radius 1 is 1.04 bits per heavy atom. The van der Waals surface area contributed by atoms with Crippen LogP contribution in [-0.4, -0.2) is 34.4 Å². The van der Waals surface area contributed by atoms with Gasteiger partial charge in [-0.15, -0.1) is 0 Å². The zero-order valence-electron chi connectivity index (χ0n) is 13.5. The molecule has 0 fully saturated rings. The van der Waals surface area contributed by atoms with Crippen LogP contribution in [0, 0.1) is 6.08 Å². The van der Waals surface area contributed by atoms with E-state index in [-0.39, 0.29) is 0 Å². The molecule has 7 nitrogen and oxygen atoms in total. The summed E-state index contributed by atoms with van der Waals surface area (Å²) in [6.45, 7) is 0. The number of hydrogen-bond acceptors (Lipinski definition) is 6. The number of H-pyrrole nitrogens is 1. The fourth-order valence-corrected chi connectivity index (χ4v) is 2.68. The normalized spacial score (nSPS) is 11.0. The number of nitrogens with zero attached hydrogens (tertiary/aromatic N) is 3. The second-order valence-electron chi connectivity index (χ2n) is 5.36. The first-order valence-corrected chi connectivity index (χ1v) is 7.47. The number of benzene rings is 2. The number of hydrogen-bond donors (Lipinski definition) is 2.